The van der Waals surface area contributed by atoms with Gasteiger partial charge >= 0.3 is 5.97 Å². The quantitative estimate of drug-likeness (QED) is 0.395. The van der Waals surface area contributed by atoms with Gasteiger partial charge in [-0.15, -0.1) is 0 Å². The molecule has 2 aromatic rings. The zero-order valence-corrected chi connectivity index (χ0v) is 15.9. The zero-order chi connectivity index (χ0) is 17.7. The minimum atomic E-state index is -1.13. The topological polar surface area (TPSA) is 151 Å². The van der Waals surface area contributed by atoms with E-state index in [0.717, 1.165) is 16.5 Å². The van der Waals surface area contributed by atoms with Crippen molar-refractivity contribution in [3.05, 3.63) is 36.0 Å². The number of primary amides is 1. The number of benzene rings is 1. The number of rotatable bonds is 8. The van der Waals surface area contributed by atoms with E-state index in [9.17, 15) is 19.5 Å². The second-order valence-electron chi connectivity index (χ2n) is 5.57. The van der Waals surface area contributed by atoms with Crippen LogP contribution in [0.5, 0.6) is 0 Å². The Hall–Kier alpha value is -1.61. The summed E-state index contributed by atoms with van der Waals surface area (Å²) < 4.78 is 0. The first-order valence-electron chi connectivity index (χ1n) is 7.50. The summed E-state index contributed by atoms with van der Waals surface area (Å²) in [5, 5.41) is 12.7. The molecule has 0 aliphatic rings. The van der Waals surface area contributed by atoms with E-state index in [2.05, 4.69) is 10.3 Å². The molecule has 2 amide bonds. The van der Waals surface area contributed by atoms with Crippen LogP contribution >= 0.6 is 0 Å². The van der Waals surface area contributed by atoms with Crippen molar-refractivity contribution in [3.8, 4) is 0 Å². The summed E-state index contributed by atoms with van der Waals surface area (Å²) in [6.45, 7) is 0. The zero-order valence-electron chi connectivity index (χ0n) is 13.7. The summed E-state index contributed by atoms with van der Waals surface area (Å²) >= 11 is 0. The summed E-state index contributed by atoms with van der Waals surface area (Å²) in [6.07, 6.45) is 1.88. The number of aromatic nitrogens is 1. The molecule has 8 nitrogen and oxygen atoms in total. The van der Waals surface area contributed by atoms with Gasteiger partial charge in [0.05, 0.1) is 6.04 Å². The summed E-state index contributed by atoms with van der Waals surface area (Å²) in [5.41, 5.74) is 12.2. The van der Waals surface area contributed by atoms with Crippen LogP contribution in [-0.4, -0.2) is 77.7 Å². The van der Waals surface area contributed by atoms with Gasteiger partial charge in [-0.1, -0.05) is 18.2 Å². The molecule has 2 rings (SSSR count). The average Bonchev–Trinajstić information content (AvgIpc) is 2.95. The van der Waals surface area contributed by atoms with Gasteiger partial charge in [-0.3, -0.25) is 9.59 Å². The molecule has 0 unspecified atom stereocenters. The maximum atomic E-state index is 11.9. The predicted octanol–water partition coefficient (Wildman–Crippen LogP) is -0.508. The minimum absolute atomic E-state index is 0. The largest absolute Gasteiger partial charge is 0.480 e. The van der Waals surface area contributed by atoms with E-state index in [1.165, 1.54) is 0 Å². The van der Waals surface area contributed by atoms with Crippen molar-refractivity contribution in [2.24, 2.45) is 11.5 Å². The number of carboxylic acid groups (broad SMARTS) is 1. The molecule has 0 bridgehead atoms. The first-order chi connectivity index (χ1) is 11.4. The molecule has 0 spiro atoms. The van der Waals surface area contributed by atoms with Crippen LogP contribution in [0.4, 0.5) is 0 Å². The van der Waals surface area contributed by atoms with Gasteiger partial charge in [-0.25, -0.2) is 4.79 Å². The number of aromatic amines is 1. The van der Waals surface area contributed by atoms with E-state index >= 15 is 0 Å². The number of aliphatic carboxylic acids is 1. The fraction of sp³-hybridized carbons (Fsp3) is 0.312. The number of nitrogens with one attached hydrogen (secondary N) is 2. The summed E-state index contributed by atoms with van der Waals surface area (Å²) in [4.78, 5) is 37.2. The first-order valence-corrected chi connectivity index (χ1v) is 7.50. The SMILES string of the molecule is NC(=O)[C@@H](N)CCC(=O)N[C@H](Cc1c[nH]c2ccccc12)C(=O)O.[Ca]. The molecule has 7 N–H and O–H groups in total. The number of carboxylic acids is 1. The molecule has 9 heteroatoms. The van der Waals surface area contributed by atoms with Gasteiger partial charge < -0.3 is 26.9 Å². The fourth-order valence-electron chi connectivity index (χ4n) is 2.42. The van der Waals surface area contributed by atoms with Crippen molar-refractivity contribution in [1.29, 1.82) is 0 Å². The summed E-state index contributed by atoms with van der Waals surface area (Å²) in [6, 6.07) is 5.51. The van der Waals surface area contributed by atoms with Crippen LogP contribution in [0.1, 0.15) is 18.4 Å². The molecule has 1 aromatic heterocycles. The third-order valence-corrected chi connectivity index (χ3v) is 3.78. The Labute approximate surface area is 174 Å². The second kappa shape index (κ2) is 9.76. The molecule has 0 aliphatic heterocycles. The van der Waals surface area contributed by atoms with Crippen molar-refractivity contribution < 1.29 is 19.5 Å². The average molecular weight is 372 g/mol. The van der Waals surface area contributed by atoms with E-state index in [0.29, 0.717) is 0 Å². The molecule has 1 aromatic carbocycles. The summed E-state index contributed by atoms with van der Waals surface area (Å²) in [5.74, 6) is -2.32. The molecule has 0 aliphatic carbocycles. The Balaban J connectivity index is 0.00000312. The number of hydrogen-bond donors (Lipinski definition) is 5. The number of carbonyl (C=O) groups excluding carboxylic acids is 2. The van der Waals surface area contributed by atoms with Crippen molar-refractivity contribution in [1.82, 2.24) is 10.3 Å². The van der Waals surface area contributed by atoms with Gasteiger partial charge in [0.25, 0.3) is 0 Å². The standard InChI is InChI=1S/C16H20N4O4.Ca/c17-11(15(18)22)5-6-14(21)20-13(16(23)24)7-9-8-19-12-4-2-1-3-10(9)12;/h1-4,8,11,13,19H,5-7,17H2,(H2,18,22)(H,20,21)(H,23,24);/t11-,13+;/m0./s1. The molecule has 2 atom stereocenters. The van der Waals surface area contributed by atoms with Crippen molar-refractivity contribution in [2.45, 2.75) is 31.3 Å². The fourth-order valence-corrected chi connectivity index (χ4v) is 2.42. The van der Waals surface area contributed by atoms with Gasteiger partial charge in [0.2, 0.25) is 11.8 Å². The molecule has 130 valence electrons. The van der Waals surface area contributed by atoms with Crippen LogP contribution in [-0.2, 0) is 20.8 Å². The van der Waals surface area contributed by atoms with Gasteiger partial charge in [0.1, 0.15) is 6.04 Å². The third kappa shape index (κ3) is 6.00. The van der Waals surface area contributed by atoms with Gasteiger partial charge in [0, 0.05) is 67.7 Å². The van der Waals surface area contributed by atoms with E-state index < -0.39 is 29.9 Å². The molecule has 0 saturated carbocycles. The van der Waals surface area contributed by atoms with Crippen LogP contribution in [0.15, 0.2) is 30.5 Å². The second-order valence-corrected chi connectivity index (χ2v) is 5.57. The van der Waals surface area contributed by atoms with E-state index in [1.807, 2.05) is 24.3 Å². The van der Waals surface area contributed by atoms with E-state index in [1.54, 1.807) is 6.20 Å². The Bertz CT molecular complexity index is 761. The van der Waals surface area contributed by atoms with Crippen molar-refractivity contribution >= 4 is 66.4 Å². The van der Waals surface area contributed by atoms with Crippen LogP contribution in [0.3, 0.4) is 0 Å². The molecule has 1 heterocycles. The molecule has 0 saturated heterocycles. The molecule has 0 fully saturated rings. The van der Waals surface area contributed by atoms with Crippen molar-refractivity contribution in [2.75, 3.05) is 0 Å². The number of nitrogens with two attached hydrogens (primary N) is 2. The van der Waals surface area contributed by atoms with E-state index in [4.69, 9.17) is 11.5 Å². The van der Waals surface area contributed by atoms with E-state index in [-0.39, 0.29) is 57.0 Å². The Kier molecular flexibility index (Phi) is 8.37. The number of H-pyrrole nitrogens is 1. The maximum Gasteiger partial charge on any atom is 0.326 e. The number of hydrogen-bond acceptors (Lipinski definition) is 4. The third-order valence-electron chi connectivity index (χ3n) is 3.78. The normalized spacial score (nSPS) is 12.8. The summed E-state index contributed by atoms with van der Waals surface area (Å²) in [7, 11) is 0. The van der Waals surface area contributed by atoms with Crippen LogP contribution in [0.25, 0.3) is 10.9 Å². The van der Waals surface area contributed by atoms with Crippen LogP contribution < -0.4 is 16.8 Å². The van der Waals surface area contributed by atoms with Gasteiger partial charge in [-0.05, 0) is 18.1 Å². The molecular weight excluding hydrogens is 352 g/mol. The maximum absolute atomic E-state index is 11.9. The monoisotopic (exact) mass is 372 g/mol. The van der Waals surface area contributed by atoms with Crippen molar-refractivity contribution in [3.63, 3.8) is 0 Å². The Morgan fingerprint density at radius 3 is 2.56 bits per heavy atom. The Morgan fingerprint density at radius 2 is 1.92 bits per heavy atom. The Morgan fingerprint density at radius 1 is 1.24 bits per heavy atom. The first kappa shape index (κ1) is 21.4. The van der Waals surface area contributed by atoms with Crippen LogP contribution in [0.2, 0.25) is 0 Å². The van der Waals surface area contributed by atoms with Gasteiger partial charge in [0.15, 0.2) is 0 Å². The number of carbonyl (C=O) groups is 3. The molecule has 2 radical (unpaired) electrons. The smallest absolute Gasteiger partial charge is 0.326 e. The molecular formula is C16H20CaN4O4. The number of para-hydroxylation sites is 1. The number of fused-ring (bicyclic) bond motifs is 1. The number of amides is 2. The minimum Gasteiger partial charge on any atom is -0.480 e. The van der Waals surface area contributed by atoms with Crippen LogP contribution in [0, 0.1) is 0 Å². The molecule has 25 heavy (non-hydrogen) atoms. The predicted molar refractivity (Wildman–Crippen MR) is 93.7 cm³/mol. The van der Waals surface area contributed by atoms with Gasteiger partial charge in [-0.2, -0.15) is 0 Å².